The quantitative estimate of drug-likeness (QED) is 0.789. The van der Waals surface area contributed by atoms with Gasteiger partial charge in [0.1, 0.15) is 12.7 Å². The maximum absolute atomic E-state index is 10.3. The summed E-state index contributed by atoms with van der Waals surface area (Å²) in [6, 6.07) is 0. The Bertz CT molecular complexity index is 711. The lowest BCUT2D eigenvalue weighted by molar-refractivity contribution is 0.0975. The van der Waals surface area contributed by atoms with Gasteiger partial charge < -0.3 is 24.8 Å². The molecule has 2 N–H and O–H groups in total. The topological polar surface area (TPSA) is 79.7 Å². The van der Waals surface area contributed by atoms with Gasteiger partial charge >= 0.3 is 0 Å². The number of aliphatic hydroxyl groups is 1. The van der Waals surface area contributed by atoms with Crippen molar-refractivity contribution in [3.63, 3.8) is 0 Å². The molecule has 21 heavy (non-hydrogen) atoms. The van der Waals surface area contributed by atoms with Crippen molar-refractivity contribution in [1.82, 2.24) is 14.1 Å². The van der Waals surface area contributed by atoms with Crippen LogP contribution in [0.3, 0.4) is 0 Å². The summed E-state index contributed by atoms with van der Waals surface area (Å²) >= 11 is 0.533. The number of nitrogens with zero attached hydrogens (tertiary/aromatic N) is 3. The normalized spacial score (nSPS) is 29.6. The molecule has 1 aromatic rings. The van der Waals surface area contributed by atoms with Gasteiger partial charge in [0.2, 0.25) is 5.82 Å². The Morgan fingerprint density at radius 3 is 2.90 bits per heavy atom. The number of anilines is 1. The molecule has 0 amide bonds. The van der Waals surface area contributed by atoms with Crippen molar-refractivity contribution in [2.45, 2.75) is 32.4 Å². The van der Waals surface area contributed by atoms with Crippen LogP contribution in [0.25, 0.3) is 0 Å². The molecule has 0 spiro atoms. The van der Waals surface area contributed by atoms with Crippen LogP contribution in [0.2, 0.25) is 0 Å². The molecule has 7 nitrogen and oxygen atoms in total. The number of β-amino-alcohol motifs (C(OH)–C–C–N with tert-alkyl or cyclic N) is 1. The molecule has 1 saturated heterocycles. The highest BCUT2D eigenvalue weighted by molar-refractivity contribution is 6.99. The molecular formula is C13H24N4O3S. The summed E-state index contributed by atoms with van der Waals surface area (Å²) in [5.74, 6) is -0.978. The second-order valence-electron chi connectivity index (χ2n) is 5.18. The Morgan fingerprint density at radius 2 is 2.24 bits per heavy atom. The SMILES string of the molecule is [2H]C([2H])(NC(C)(C)C)[C@H](O)C([2H])([2H])Oc1nsnc1N1C([2H])([2H])COCC1([2H])[2H]. The largest absolute Gasteiger partial charge is 0.472 e. The first-order valence-electron chi connectivity index (χ1n) is 10.3. The second kappa shape index (κ2) is 7.35. The van der Waals surface area contributed by atoms with E-state index in [0.29, 0.717) is 16.6 Å². The van der Waals surface area contributed by atoms with Gasteiger partial charge in [-0.3, -0.25) is 0 Å². The number of rotatable bonds is 6. The summed E-state index contributed by atoms with van der Waals surface area (Å²) < 4.78 is 81.6. The minimum Gasteiger partial charge on any atom is -0.472 e. The highest BCUT2D eigenvalue weighted by atomic mass is 32.1. The third-order valence-corrected chi connectivity index (χ3v) is 2.66. The predicted octanol–water partition coefficient (Wildman–Crippen LogP) is 0.502. The van der Waals surface area contributed by atoms with Crippen LogP contribution in [0.1, 0.15) is 31.7 Å². The maximum Gasteiger partial charge on any atom is 0.270 e. The van der Waals surface area contributed by atoms with Crippen LogP contribution >= 0.6 is 11.7 Å². The van der Waals surface area contributed by atoms with Crippen molar-refractivity contribution in [3.05, 3.63) is 0 Å². The number of hydrogen-bond donors (Lipinski definition) is 2. The highest BCUT2D eigenvalue weighted by Gasteiger charge is 2.21. The van der Waals surface area contributed by atoms with Gasteiger partial charge in [0.15, 0.2) is 0 Å². The molecule has 1 aliphatic rings. The molecule has 0 saturated carbocycles. The van der Waals surface area contributed by atoms with E-state index in [4.69, 9.17) is 20.4 Å². The van der Waals surface area contributed by atoms with E-state index in [-0.39, 0.29) is 0 Å². The van der Waals surface area contributed by atoms with Gasteiger partial charge in [0, 0.05) is 27.8 Å². The smallest absolute Gasteiger partial charge is 0.270 e. The zero-order valence-electron chi connectivity index (χ0n) is 20.0. The minimum atomic E-state index is -3.00. The Labute approximate surface area is 140 Å². The van der Waals surface area contributed by atoms with Gasteiger partial charge in [0.05, 0.1) is 33.2 Å². The zero-order valence-corrected chi connectivity index (χ0v) is 12.8. The summed E-state index contributed by atoms with van der Waals surface area (Å²) in [5.41, 5.74) is -0.784. The molecule has 2 heterocycles. The highest BCUT2D eigenvalue weighted by Crippen LogP contribution is 2.26. The minimum absolute atomic E-state index is 0.409. The number of ether oxygens (including phenoxy) is 2. The van der Waals surface area contributed by atoms with Crippen molar-refractivity contribution in [1.29, 1.82) is 0 Å². The number of aromatic nitrogens is 2. The molecule has 0 unspecified atom stereocenters. The molecule has 2 rings (SSSR count). The van der Waals surface area contributed by atoms with Crippen molar-refractivity contribution in [2.24, 2.45) is 0 Å². The maximum atomic E-state index is 10.3. The van der Waals surface area contributed by atoms with Gasteiger partial charge in [-0.25, -0.2) is 0 Å². The number of hydrogen-bond acceptors (Lipinski definition) is 8. The van der Waals surface area contributed by atoms with E-state index in [1.165, 1.54) is 0 Å². The van der Waals surface area contributed by atoms with Crippen LogP contribution in [-0.4, -0.2) is 64.8 Å². The first kappa shape index (κ1) is 8.61. The van der Waals surface area contributed by atoms with Crippen LogP contribution in [0.4, 0.5) is 5.82 Å². The fourth-order valence-corrected chi connectivity index (χ4v) is 1.75. The fraction of sp³-hybridized carbons (Fsp3) is 0.846. The van der Waals surface area contributed by atoms with Gasteiger partial charge in [0.25, 0.3) is 5.88 Å². The third-order valence-electron chi connectivity index (χ3n) is 2.15. The van der Waals surface area contributed by atoms with Crippen LogP contribution in [-0.2, 0) is 4.74 Å². The van der Waals surface area contributed by atoms with E-state index < -0.39 is 62.6 Å². The fourth-order valence-electron chi connectivity index (χ4n) is 1.28. The van der Waals surface area contributed by atoms with Gasteiger partial charge in [-0.15, -0.1) is 4.37 Å². The number of aliphatic hydroxyl groups excluding tert-OH is 1. The molecular weight excluding hydrogens is 292 g/mol. The third kappa shape index (κ3) is 5.39. The molecule has 1 aromatic heterocycles. The zero-order chi connectivity index (χ0) is 22.5. The van der Waals surface area contributed by atoms with Crippen molar-refractivity contribution in [2.75, 3.05) is 44.2 Å². The lowest BCUT2D eigenvalue weighted by atomic mass is 10.1. The van der Waals surface area contributed by atoms with E-state index in [9.17, 15) is 5.11 Å². The van der Waals surface area contributed by atoms with Crippen molar-refractivity contribution < 1.29 is 25.5 Å². The average molecular weight is 324 g/mol. The molecule has 1 aliphatic heterocycles. The molecule has 1 atom stereocenters. The first-order chi connectivity index (χ1) is 12.9. The molecule has 0 radical (unpaired) electrons. The van der Waals surface area contributed by atoms with E-state index in [1.807, 2.05) is 0 Å². The standard InChI is InChI=1S/C13H24N4O3S/c1-13(2,3)14-8-10(18)9-20-12-11(15-21-16-12)17-4-6-19-7-5-17/h10,14,18H,4-9H2,1-3H3/t10-/m0/s1/i4D2,5D2,8D2,9D2. The van der Waals surface area contributed by atoms with E-state index in [1.54, 1.807) is 20.8 Å². The average Bonchev–Trinajstić information content (AvgIpc) is 2.88. The van der Waals surface area contributed by atoms with Crippen LogP contribution in [0.15, 0.2) is 0 Å². The summed E-state index contributed by atoms with van der Waals surface area (Å²) in [6.45, 7) is -6.26. The Kier molecular flexibility index (Phi) is 3.01. The predicted molar refractivity (Wildman–Crippen MR) is 82.2 cm³/mol. The van der Waals surface area contributed by atoms with Gasteiger partial charge in [-0.1, -0.05) is 0 Å². The Morgan fingerprint density at radius 1 is 1.52 bits per heavy atom. The summed E-state index contributed by atoms with van der Waals surface area (Å²) in [4.78, 5) is 0.646. The van der Waals surface area contributed by atoms with Crippen LogP contribution < -0.4 is 15.0 Å². The Balaban J connectivity index is 2.33. The number of morpholine rings is 1. The second-order valence-corrected chi connectivity index (χ2v) is 5.71. The van der Waals surface area contributed by atoms with E-state index in [2.05, 4.69) is 14.1 Å². The molecule has 0 aromatic carbocycles. The van der Waals surface area contributed by atoms with E-state index >= 15 is 0 Å². The lowest BCUT2D eigenvalue weighted by Crippen LogP contribution is -2.42. The molecule has 1 fully saturated rings. The van der Waals surface area contributed by atoms with Crippen LogP contribution in [0, 0.1) is 0 Å². The van der Waals surface area contributed by atoms with E-state index in [0.717, 1.165) is 0 Å². The number of nitrogens with one attached hydrogen (secondary N) is 1. The summed E-state index contributed by atoms with van der Waals surface area (Å²) in [6.07, 6.45) is -2.30. The molecule has 0 aliphatic carbocycles. The van der Waals surface area contributed by atoms with Gasteiger partial charge in [-0.2, -0.15) is 4.37 Å². The summed E-state index contributed by atoms with van der Waals surface area (Å²) in [5, 5.41) is 12.8. The first-order valence-corrected chi connectivity index (χ1v) is 6.99. The lowest BCUT2D eigenvalue weighted by Gasteiger charge is -2.27. The summed E-state index contributed by atoms with van der Waals surface area (Å²) in [7, 11) is 0. The van der Waals surface area contributed by atoms with Crippen molar-refractivity contribution in [3.8, 4) is 5.88 Å². The molecule has 0 bridgehead atoms. The molecule has 120 valence electrons. The Hall–Kier alpha value is -0.960. The van der Waals surface area contributed by atoms with Crippen LogP contribution in [0.5, 0.6) is 5.88 Å². The monoisotopic (exact) mass is 324 g/mol. The van der Waals surface area contributed by atoms with Gasteiger partial charge in [-0.05, 0) is 20.8 Å². The van der Waals surface area contributed by atoms with Crippen molar-refractivity contribution >= 4 is 17.5 Å². The molecule has 8 heteroatoms.